The fourth-order valence-electron chi connectivity index (χ4n) is 2.53. The first kappa shape index (κ1) is 30.0. The molecule has 0 aliphatic carbocycles. The van der Waals surface area contributed by atoms with Crippen molar-refractivity contribution < 1.29 is 33.8 Å². The normalized spacial score (nSPS) is 10.8. The van der Waals surface area contributed by atoms with Crippen molar-refractivity contribution in [2.24, 2.45) is 5.73 Å². The van der Waals surface area contributed by atoms with Crippen LogP contribution in [0.5, 0.6) is 0 Å². The summed E-state index contributed by atoms with van der Waals surface area (Å²) in [5.74, 6) is -1.44. The van der Waals surface area contributed by atoms with Crippen LogP contribution in [0.3, 0.4) is 0 Å². The number of carboxylic acids is 1. The average Bonchev–Trinajstić information content (AvgIpc) is 2.75. The van der Waals surface area contributed by atoms with E-state index in [2.05, 4.69) is 10.6 Å². The second kappa shape index (κ2) is 13.1. The number of amides is 3. The zero-order valence-corrected chi connectivity index (χ0v) is 21.5. The van der Waals surface area contributed by atoms with Gasteiger partial charge in [-0.25, -0.2) is 14.4 Å². The lowest BCUT2D eigenvalue weighted by Crippen LogP contribution is -2.32. The van der Waals surface area contributed by atoms with E-state index in [4.69, 9.17) is 20.3 Å². The number of alkyl carbamates (subject to hydrolysis) is 2. The SMILES string of the molecule is CC(C)(C)OC(=O)NCc1ccc(C(=O)O)cc1.CC(C)(C)OC(=O)NCc1ccc(C(N)=O)cc1. The first-order valence-corrected chi connectivity index (χ1v) is 11.2. The van der Waals surface area contributed by atoms with Gasteiger partial charge in [0, 0.05) is 18.7 Å². The van der Waals surface area contributed by atoms with Crippen LogP contribution in [0.25, 0.3) is 0 Å². The number of hydrogen-bond acceptors (Lipinski definition) is 6. The lowest BCUT2D eigenvalue weighted by Gasteiger charge is -2.19. The van der Waals surface area contributed by atoms with Crippen LogP contribution in [-0.4, -0.2) is 40.4 Å². The van der Waals surface area contributed by atoms with Crippen LogP contribution in [0.1, 0.15) is 73.4 Å². The summed E-state index contributed by atoms with van der Waals surface area (Å²) in [5.41, 5.74) is 6.42. The van der Waals surface area contributed by atoms with Gasteiger partial charge in [-0.15, -0.1) is 0 Å². The highest BCUT2D eigenvalue weighted by Gasteiger charge is 2.16. The van der Waals surface area contributed by atoms with Gasteiger partial charge < -0.3 is 30.9 Å². The third-order valence-electron chi connectivity index (χ3n) is 4.11. The quantitative estimate of drug-likeness (QED) is 0.461. The molecule has 0 unspecified atom stereocenters. The van der Waals surface area contributed by atoms with E-state index in [0.29, 0.717) is 18.7 Å². The minimum atomic E-state index is -0.971. The van der Waals surface area contributed by atoms with Gasteiger partial charge in [-0.05, 0) is 76.9 Å². The standard InChI is InChI=1S/C13H18N2O3.C13H17NO4/c1-13(2,3)18-12(17)15-8-9-4-6-10(7-5-9)11(14)16;1-13(2,3)18-12(17)14-8-9-4-6-10(7-5-9)11(15)16/h4-7H,8H2,1-3H3,(H2,14,16)(H,15,17);4-7H,8H2,1-3H3,(H,14,17)(H,15,16). The molecule has 0 bridgehead atoms. The highest BCUT2D eigenvalue weighted by Crippen LogP contribution is 2.09. The lowest BCUT2D eigenvalue weighted by atomic mass is 10.1. The summed E-state index contributed by atoms with van der Waals surface area (Å²) < 4.78 is 10.2. The van der Waals surface area contributed by atoms with Crippen LogP contribution in [0.2, 0.25) is 0 Å². The Morgan fingerprint density at radius 1 is 0.694 bits per heavy atom. The van der Waals surface area contributed by atoms with E-state index < -0.39 is 35.3 Å². The number of hydrogen-bond donors (Lipinski definition) is 4. The zero-order chi connectivity index (χ0) is 27.5. The number of aromatic carboxylic acids is 1. The van der Waals surface area contributed by atoms with E-state index in [0.717, 1.165) is 11.1 Å². The summed E-state index contributed by atoms with van der Waals surface area (Å²) in [6, 6.07) is 13.0. The molecule has 0 aliphatic rings. The second-order valence-corrected chi connectivity index (χ2v) is 9.77. The second-order valence-electron chi connectivity index (χ2n) is 9.77. The van der Waals surface area contributed by atoms with E-state index in [9.17, 15) is 19.2 Å². The molecule has 2 rings (SSSR count). The van der Waals surface area contributed by atoms with Crippen molar-refractivity contribution in [3.05, 3.63) is 70.8 Å². The maximum atomic E-state index is 11.4. The molecule has 36 heavy (non-hydrogen) atoms. The van der Waals surface area contributed by atoms with Crippen LogP contribution in [0.15, 0.2) is 48.5 Å². The van der Waals surface area contributed by atoms with Gasteiger partial charge in [0.15, 0.2) is 0 Å². The number of carbonyl (C=O) groups is 4. The Balaban J connectivity index is 0.000000360. The Morgan fingerprint density at radius 2 is 1.03 bits per heavy atom. The summed E-state index contributed by atoms with van der Waals surface area (Å²) in [4.78, 5) is 44.3. The zero-order valence-electron chi connectivity index (χ0n) is 21.5. The number of primary amides is 1. The number of nitrogens with two attached hydrogens (primary N) is 1. The molecular weight excluding hydrogens is 466 g/mol. The number of carboxylic acid groups (broad SMARTS) is 1. The van der Waals surface area contributed by atoms with Gasteiger partial charge in [0.1, 0.15) is 11.2 Å². The molecule has 2 aromatic rings. The molecule has 0 saturated carbocycles. The molecule has 2 aromatic carbocycles. The van der Waals surface area contributed by atoms with Gasteiger partial charge >= 0.3 is 18.2 Å². The number of benzene rings is 2. The molecule has 196 valence electrons. The molecule has 5 N–H and O–H groups in total. The Hall–Kier alpha value is -4.08. The molecule has 0 atom stereocenters. The first-order chi connectivity index (χ1) is 16.6. The molecule has 0 saturated heterocycles. The predicted octanol–water partition coefficient (Wildman–Crippen LogP) is 4.22. The smallest absolute Gasteiger partial charge is 0.407 e. The third kappa shape index (κ3) is 13.0. The van der Waals surface area contributed by atoms with E-state index in [1.54, 1.807) is 77.9 Å². The lowest BCUT2D eigenvalue weighted by molar-refractivity contribution is 0.0512. The Bertz CT molecular complexity index is 950. The molecule has 0 fully saturated rings. The van der Waals surface area contributed by atoms with E-state index in [1.165, 1.54) is 12.1 Å². The molecule has 0 aromatic heterocycles. The molecule has 0 aliphatic heterocycles. The molecular formula is C26H35N3O7. The van der Waals surface area contributed by atoms with Crippen molar-refractivity contribution in [2.45, 2.75) is 65.8 Å². The largest absolute Gasteiger partial charge is 0.478 e. The van der Waals surface area contributed by atoms with Crippen LogP contribution in [0, 0.1) is 0 Å². The Kier molecular flexibility index (Phi) is 10.9. The summed E-state index contributed by atoms with van der Waals surface area (Å²) >= 11 is 0. The molecule has 0 spiro atoms. The number of rotatable bonds is 6. The van der Waals surface area contributed by atoms with Crippen LogP contribution in [0.4, 0.5) is 9.59 Å². The minimum Gasteiger partial charge on any atom is -0.478 e. The Morgan fingerprint density at radius 3 is 1.31 bits per heavy atom. The molecule has 10 heteroatoms. The predicted molar refractivity (Wildman–Crippen MR) is 135 cm³/mol. The fraction of sp³-hybridized carbons (Fsp3) is 0.385. The maximum absolute atomic E-state index is 11.4. The van der Waals surface area contributed by atoms with Crippen molar-refractivity contribution in [3.8, 4) is 0 Å². The topological polar surface area (TPSA) is 157 Å². The summed E-state index contributed by atoms with van der Waals surface area (Å²) in [7, 11) is 0. The van der Waals surface area contributed by atoms with Gasteiger partial charge in [-0.2, -0.15) is 0 Å². The van der Waals surface area contributed by atoms with Crippen molar-refractivity contribution in [1.29, 1.82) is 0 Å². The van der Waals surface area contributed by atoms with Crippen LogP contribution >= 0.6 is 0 Å². The molecule has 0 heterocycles. The summed E-state index contributed by atoms with van der Waals surface area (Å²) in [6.07, 6.45) is -0.966. The van der Waals surface area contributed by atoms with Crippen LogP contribution in [-0.2, 0) is 22.6 Å². The number of carbonyl (C=O) groups excluding carboxylic acids is 3. The first-order valence-electron chi connectivity index (χ1n) is 11.2. The van der Waals surface area contributed by atoms with Crippen molar-refractivity contribution in [3.63, 3.8) is 0 Å². The van der Waals surface area contributed by atoms with Gasteiger partial charge in [-0.3, -0.25) is 4.79 Å². The number of ether oxygens (including phenoxy) is 2. The molecule has 0 radical (unpaired) electrons. The van der Waals surface area contributed by atoms with Gasteiger partial charge in [0.05, 0.1) is 5.56 Å². The fourth-order valence-corrected chi connectivity index (χ4v) is 2.53. The molecule has 10 nitrogen and oxygen atoms in total. The number of nitrogens with one attached hydrogen (secondary N) is 2. The summed E-state index contributed by atoms with van der Waals surface area (Å²) in [5, 5.41) is 14.0. The van der Waals surface area contributed by atoms with Crippen molar-refractivity contribution in [2.75, 3.05) is 0 Å². The van der Waals surface area contributed by atoms with Crippen LogP contribution < -0.4 is 16.4 Å². The third-order valence-corrected chi connectivity index (χ3v) is 4.11. The van der Waals surface area contributed by atoms with Gasteiger partial charge in [0.2, 0.25) is 5.91 Å². The highest BCUT2D eigenvalue weighted by atomic mass is 16.6. The summed E-state index contributed by atoms with van der Waals surface area (Å²) in [6.45, 7) is 11.4. The maximum Gasteiger partial charge on any atom is 0.407 e. The monoisotopic (exact) mass is 501 g/mol. The van der Waals surface area contributed by atoms with Crippen molar-refractivity contribution >= 4 is 24.1 Å². The van der Waals surface area contributed by atoms with Gasteiger partial charge in [-0.1, -0.05) is 24.3 Å². The average molecular weight is 502 g/mol. The van der Waals surface area contributed by atoms with Gasteiger partial charge in [0.25, 0.3) is 0 Å². The van der Waals surface area contributed by atoms with E-state index >= 15 is 0 Å². The van der Waals surface area contributed by atoms with E-state index in [-0.39, 0.29) is 5.56 Å². The minimum absolute atomic E-state index is 0.219. The highest BCUT2D eigenvalue weighted by molar-refractivity contribution is 5.92. The Labute approximate surface area is 211 Å². The van der Waals surface area contributed by atoms with E-state index in [1.807, 2.05) is 0 Å². The van der Waals surface area contributed by atoms with Crippen molar-refractivity contribution in [1.82, 2.24) is 10.6 Å². The molecule has 3 amide bonds.